The fraction of sp³-hybridized carbons (Fsp3) is 0.732. The number of rotatable bonds is 20. The highest BCUT2D eigenvalue weighted by molar-refractivity contribution is 8.76. The molecule has 0 aliphatic carbocycles. The Bertz CT molecular complexity index is 1810. The third-order valence-corrected chi connectivity index (χ3v) is 14.0. The molecule has 0 aromatic carbocycles. The normalized spacial score (nSPS) is 24.9. The number of aliphatic imine (C=N–C) groups is 1. The Labute approximate surface area is 404 Å². The van der Waals surface area contributed by atoms with Crippen LogP contribution in [0.25, 0.3) is 0 Å². The van der Waals surface area contributed by atoms with Crippen LogP contribution in [0.5, 0.6) is 0 Å². The minimum atomic E-state index is -1.68. The first-order valence-electron chi connectivity index (χ1n) is 22.9. The second kappa shape index (κ2) is 30.2. The van der Waals surface area contributed by atoms with Crippen molar-refractivity contribution < 1.29 is 47.9 Å². The lowest BCUT2D eigenvalue weighted by Gasteiger charge is -2.31. The number of carbonyl (C=O) groups is 10. The standard InChI is InChI=1S/C41H73N15O10S2/c1-5-21(3)31-38(64)51-25(12-9-15-48-41(46)47)35(61)52-26(17-29(44)57)36(62)53-27(20-68-67-19-23(43)33(59)54-32(22(4)6-2)39(65)55-31)40(66)56-16-10-13-28(56)37(63)50-24(11-7-8-14-42)34(60)49-18-30(45)58/h21-28,31-32H,5-20,42-43H2,1-4H3,(H2,44,57)(H2,45,58)(H,49,60)(H,50,63)(H,51,64)(H,52,61)(H,53,62)(H,54,59)(H,55,65)(H4,46,47,48). The summed E-state index contributed by atoms with van der Waals surface area (Å²) >= 11 is 0. The molecule has 10 unspecified atom stereocenters. The van der Waals surface area contributed by atoms with Crippen molar-refractivity contribution in [2.24, 2.45) is 51.2 Å². The number of nitrogens with one attached hydrogen (secondary N) is 7. The summed E-state index contributed by atoms with van der Waals surface area (Å²) in [6.07, 6.45) is 1.91. The number of carbonyl (C=O) groups excluding carboxylic acids is 10. The van der Waals surface area contributed by atoms with Gasteiger partial charge in [-0.3, -0.25) is 52.9 Å². The SMILES string of the molecule is CCC(C)C1NC(=O)C(N)CSSCC(C(=O)N2CCCC2C(=O)NC(CCCCN)C(=O)NCC(N)=O)NC(=O)C(CC(N)=O)NC(=O)C(CCCN=C(N)N)NC(=O)C(C(C)CC)NC1=O. The molecule has 10 atom stereocenters. The summed E-state index contributed by atoms with van der Waals surface area (Å²) in [5.74, 6) is -9.19. The monoisotopic (exact) mass is 1000 g/mol. The summed E-state index contributed by atoms with van der Waals surface area (Å²) in [6.45, 7) is 7.07. The van der Waals surface area contributed by atoms with Gasteiger partial charge >= 0.3 is 0 Å². The highest BCUT2D eigenvalue weighted by Crippen LogP contribution is 2.26. The van der Waals surface area contributed by atoms with Gasteiger partial charge in [0.15, 0.2) is 5.96 Å². The number of hydrogen-bond donors (Lipinski definition) is 13. The lowest BCUT2D eigenvalue weighted by Crippen LogP contribution is -2.62. The Morgan fingerprint density at radius 1 is 0.765 bits per heavy atom. The van der Waals surface area contributed by atoms with Crippen LogP contribution in [0.3, 0.4) is 0 Å². The van der Waals surface area contributed by atoms with Crippen molar-refractivity contribution in [2.75, 3.05) is 37.7 Å². The molecule has 0 bridgehead atoms. The van der Waals surface area contributed by atoms with E-state index in [9.17, 15) is 47.9 Å². The van der Waals surface area contributed by atoms with Crippen molar-refractivity contribution in [1.82, 2.24) is 42.1 Å². The number of hydrogen-bond acceptors (Lipinski definition) is 15. The summed E-state index contributed by atoms with van der Waals surface area (Å²) in [5.41, 5.74) is 33.7. The van der Waals surface area contributed by atoms with E-state index in [1.807, 2.05) is 6.92 Å². The summed E-state index contributed by atoms with van der Waals surface area (Å²) in [4.78, 5) is 140. The van der Waals surface area contributed by atoms with E-state index in [4.69, 9.17) is 34.4 Å². The zero-order chi connectivity index (χ0) is 51.1. The zero-order valence-corrected chi connectivity index (χ0v) is 41.0. The molecule has 2 aliphatic rings. The van der Waals surface area contributed by atoms with Gasteiger partial charge in [0.1, 0.15) is 42.3 Å². The summed E-state index contributed by atoms with van der Waals surface area (Å²) in [7, 11) is 2.14. The van der Waals surface area contributed by atoms with Crippen LogP contribution in [0.2, 0.25) is 0 Å². The van der Waals surface area contributed by atoms with E-state index in [-0.39, 0.29) is 56.2 Å². The van der Waals surface area contributed by atoms with Crippen molar-refractivity contribution in [2.45, 2.75) is 140 Å². The van der Waals surface area contributed by atoms with E-state index < -0.39 is 132 Å². The predicted octanol–water partition coefficient (Wildman–Crippen LogP) is -4.64. The molecule has 27 heteroatoms. The van der Waals surface area contributed by atoms with E-state index in [1.165, 1.54) is 4.90 Å². The van der Waals surface area contributed by atoms with E-state index in [0.29, 0.717) is 38.6 Å². The topological polar surface area (TPSA) is 427 Å². The fourth-order valence-corrected chi connectivity index (χ4v) is 9.49. The van der Waals surface area contributed by atoms with Gasteiger partial charge in [0.2, 0.25) is 59.1 Å². The van der Waals surface area contributed by atoms with Crippen molar-refractivity contribution >= 4 is 86.6 Å². The summed E-state index contributed by atoms with van der Waals surface area (Å²) in [5, 5.41) is 18.3. The van der Waals surface area contributed by atoms with Crippen molar-refractivity contribution in [3.63, 3.8) is 0 Å². The number of nitrogens with zero attached hydrogens (tertiary/aromatic N) is 2. The molecule has 2 rings (SSSR count). The van der Waals surface area contributed by atoms with Crippen molar-refractivity contribution in [3.8, 4) is 0 Å². The molecular weight excluding hydrogens is 927 g/mol. The summed E-state index contributed by atoms with van der Waals surface area (Å²) in [6, 6.07) is -10.2. The molecule has 19 N–H and O–H groups in total. The second-order valence-electron chi connectivity index (χ2n) is 16.9. The number of nitrogens with two attached hydrogens (primary N) is 6. The maximum absolute atomic E-state index is 14.5. The maximum atomic E-state index is 14.5. The molecule has 25 nitrogen and oxygen atoms in total. The molecule has 0 aromatic heterocycles. The van der Waals surface area contributed by atoms with Gasteiger partial charge in [-0.25, -0.2) is 0 Å². The average Bonchev–Trinajstić information content (AvgIpc) is 3.79. The number of unbranched alkanes of at least 4 members (excludes halogenated alkanes) is 1. The first-order valence-corrected chi connectivity index (χ1v) is 25.4. The highest BCUT2D eigenvalue weighted by Gasteiger charge is 2.41. The fourth-order valence-electron chi connectivity index (χ4n) is 7.21. The number of likely N-dealkylation sites (tertiary alicyclic amines) is 1. The van der Waals surface area contributed by atoms with Crippen LogP contribution in [0.15, 0.2) is 4.99 Å². The second-order valence-corrected chi connectivity index (χ2v) is 19.5. The quantitative estimate of drug-likeness (QED) is 0.0236. The Balaban J connectivity index is 2.62. The van der Waals surface area contributed by atoms with E-state index >= 15 is 0 Å². The molecule has 0 saturated carbocycles. The predicted molar refractivity (Wildman–Crippen MR) is 257 cm³/mol. The van der Waals surface area contributed by atoms with E-state index in [2.05, 4.69) is 42.2 Å². The van der Waals surface area contributed by atoms with E-state index in [1.54, 1.807) is 20.8 Å². The third-order valence-electron chi connectivity index (χ3n) is 11.6. The van der Waals surface area contributed by atoms with Crippen LogP contribution in [0.4, 0.5) is 0 Å². The van der Waals surface area contributed by atoms with E-state index in [0.717, 1.165) is 21.6 Å². The molecule has 0 radical (unpaired) electrons. The maximum Gasteiger partial charge on any atom is 0.246 e. The van der Waals surface area contributed by atoms with Crippen LogP contribution >= 0.6 is 21.6 Å². The van der Waals surface area contributed by atoms with Gasteiger partial charge in [-0.05, 0) is 63.3 Å². The summed E-state index contributed by atoms with van der Waals surface area (Å²) < 4.78 is 0. The molecule has 2 saturated heterocycles. The van der Waals surface area contributed by atoms with Crippen LogP contribution in [-0.2, 0) is 47.9 Å². The largest absolute Gasteiger partial charge is 0.370 e. The lowest BCUT2D eigenvalue weighted by molar-refractivity contribution is -0.142. The first kappa shape index (κ1) is 58.7. The van der Waals surface area contributed by atoms with Gasteiger partial charge in [0.05, 0.1) is 19.0 Å². The van der Waals surface area contributed by atoms with Gasteiger partial charge in [-0.15, -0.1) is 0 Å². The Hall–Kier alpha value is -5.41. The molecule has 10 amide bonds. The molecule has 2 aliphatic heterocycles. The molecular formula is C41H73N15O10S2. The van der Waals surface area contributed by atoms with Gasteiger partial charge in [-0.2, -0.15) is 0 Å². The van der Waals surface area contributed by atoms with Crippen LogP contribution in [0.1, 0.15) is 91.9 Å². The highest BCUT2D eigenvalue weighted by atomic mass is 33.1. The molecule has 2 fully saturated rings. The molecule has 68 heavy (non-hydrogen) atoms. The Morgan fingerprint density at radius 3 is 1.94 bits per heavy atom. The van der Waals surface area contributed by atoms with Crippen LogP contribution in [0, 0.1) is 11.8 Å². The number of primary amides is 2. The minimum absolute atomic E-state index is 0.0266. The van der Waals surface area contributed by atoms with Gasteiger partial charge in [-0.1, -0.05) is 62.1 Å². The van der Waals surface area contributed by atoms with Gasteiger partial charge in [0, 0.05) is 24.6 Å². The minimum Gasteiger partial charge on any atom is -0.370 e. The first-order chi connectivity index (χ1) is 32.1. The molecule has 0 spiro atoms. The Morgan fingerprint density at radius 2 is 1.35 bits per heavy atom. The molecule has 0 aromatic rings. The van der Waals surface area contributed by atoms with Gasteiger partial charge in [0.25, 0.3) is 0 Å². The molecule has 384 valence electrons. The Kier molecular flexibility index (Phi) is 26.0. The van der Waals surface area contributed by atoms with Crippen molar-refractivity contribution in [3.05, 3.63) is 0 Å². The molecule has 2 heterocycles. The lowest BCUT2D eigenvalue weighted by atomic mass is 9.94. The number of amides is 10. The van der Waals surface area contributed by atoms with Crippen molar-refractivity contribution in [1.29, 1.82) is 0 Å². The van der Waals surface area contributed by atoms with Gasteiger partial charge < -0.3 is 76.5 Å². The van der Waals surface area contributed by atoms with Crippen LogP contribution < -0.4 is 71.6 Å². The number of guanidine groups is 1. The smallest absolute Gasteiger partial charge is 0.246 e. The van der Waals surface area contributed by atoms with Crippen LogP contribution in [-0.4, -0.2) is 156 Å². The average molecular weight is 1000 g/mol. The zero-order valence-electron chi connectivity index (χ0n) is 39.3. The third kappa shape index (κ3) is 19.7.